The van der Waals surface area contributed by atoms with Crippen molar-refractivity contribution in [2.24, 2.45) is 11.8 Å². The number of hydrogen-bond acceptors (Lipinski definition) is 2. The highest BCUT2D eigenvalue weighted by molar-refractivity contribution is 5.97. The maximum atomic E-state index is 12.5. The molecule has 1 N–H and O–H groups in total. The molecule has 1 saturated heterocycles. The molecule has 4 nitrogen and oxygen atoms in total. The molecule has 18 heavy (non-hydrogen) atoms. The minimum atomic E-state index is -0.675. The molecule has 1 unspecified atom stereocenters. The van der Waals surface area contributed by atoms with Crippen LogP contribution in [0.1, 0.15) is 47.5 Å². The van der Waals surface area contributed by atoms with E-state index in [1.165, 1.54) is 0 Å². The summed E-state index contributed by atoms with van der Waals surface area (Å²) in [4.78, 5) is 26.1. The van der Waals surface area contributed by atoms with Crippen LogP contribution in [-0.2, 0) is 9.59 Å². The monoisotopic (exact) mass is 254 g/mol. The van der Waals surface area contributed by atoms with E-state index in [1.54, 1.807) is 4.90 Å². The minimum absolute atomic E-state index is 0.0331. The normalized spacial score (nSPS) is 21.1. The lowest BCUT2D eigenvalue weighted by Crippen LogP contribution is -2.66. The lowest BCUT2D eigenvalue weighted by atomic mass is 9.88. The molecule has 0 saturated carbocycles. The first-order valence-electron chi connectivity index (χ1n) is 6.96. The summed E-state index contributed by atoms with van der Waals surface area (Å²) in [6.07, 6.45) is 1.31. The van der Waals surface area contributed by atoms with Crippen LogP contribution in [0.3, 0.4) is 0 Å². The van der Waals surface area contributed by atoms with Gasteiger partial charge in [-0.05, 0) is 24.7 Å². The lowest BCUT2D eigenvalue weighted by Gasteiger charge is -2.42. The van der Waals surface area contributed by atoms with Crippen LogP contribution in [0.15, 0.2) is 0 Å². The predicted molar refractivity (Wildman–Crippen MR) is 72.0 cm³/mol. The Bertz CT molecular complexity index is 322. The van der Waals surface area contributed by atoms with Crippen molar-refractivity contribution in [3.8, 4) is 0 Å². The average molecular weight is 254 g/mol. The molecule has 1 aliphatic heterocycles. The van der Waals surface area contributed by atoms with Crippen molar-refractivity contribution in [3.05, 3.63) is 0 Å². The van der Waals surface area contributed by atoms with Gasteiger partial charge in [0.05, 0.1) is 6.54 Å². The van der Waals surface area contributed by atoms with Gasteiger partial charge in [-0.1, -0.05) is 34.6 Å². The van der Waals surface area contributed by atoms with Crippen molar-refractivity contribution in [2.45, 2.75) is 53.0 Å². The van der Waals surface area contributed by atoms with Crippen LogP contribution in [0.25, 0.3) is 0 Å². The van der Waals surface area contributed by atoms with Crippen molar-refractivity contribution in [1.82, 2.24) is 10.2 Å². The number of rotatable bonds is 5. The second-order valence-electron chi connectivity index (χ2n) is 5.74. The van der Waals surface area contributed by atoms with Crippen molar-refractivity contribution < 1.29 is 9.59 Å². The highest BCUT2D eigenvalue weighted by atomic mass is 16.2. The first-order valence-corrected chi connectivity index (χ1v) is 6.96. The maximum absolute atomic E-state index is 12.5. The third-order valence-electron chi connectivity index (χ3n) is 4.26. The third kappa shape index (κ3) is 2.85. The van der Waals surface area contributed by atoms with Crippen LogP contribution in [0.5, 0.6) is 0 Å². The molecule has 0 aromatic carbocycles. The number of carbonyl (C=O) groups is 2. The van der Waals surface area contributed by atoms with Gasteiger partial charge < -0.3 is 10.2 Å². The Morgan fingerprint density at radius 3 is 2.22 bits per heavy atom. The van der Waals surface area contributed by atoms with Crippen LogP contribution in [0, 0.1) is 11.8 Å². The number of carbonyl (C=O) groups excluding carboxylic acids is 2. The average Bonchev–Trinajstić information content (AvgIpc) is 2.33. The largest absolute Gasteiger partial charge is 0.340 e. The number of hydrogen-bond donors (Lipinski definition) is 1. The number of piperazine rings is 1. The lowest BCUT2D eigenvalue weighted by molar-refractivity contribution is -0.151. The number of amides is 2. The van der Waals surface area contributed by atoms with E-state index in [2.05, 4.69) is 26.1 Å². The van der Waals surface area contributed by atoms with Gasteiger partial charge in [0.2, 0.25) is 11.8 Å². The molecule has 1 rings (SSSR count). The SMILES string of the molecule is CCC1(CC)NC(=O)CN(CC(C)C(C)C)C1=O. The van der Waals surface area contributed by atoms with E-state index in [0.717, 1.165) is 0 Å². The van der Waals surface area contributed by atoms with Gasteiger partial charge in [0.15, 0.2) is 0 Å². The Hall–Kier alpha value is -1.06. The first kappa shape index (κ1) is 15.0. The van der Waals surface area contributed by atoms with Crippen LogP contribution in [0.4, 0.5) is 0 Å². The quantitative estimate of drug-likeness (QED) is 0.813. The van der Waals surface area contributed by atoms with E-state index in [-0.39, 0.29) is 18.4 Å². The second kappa shape index (κ2) is 5.72. The van der Waals surface area contributed by atoms with Gasteiger partial charge in [-0.15, -0.1) is 0 Å². The summed E-state index contributed by atoms with van der Waals surface area (Å²) >= 11 is 0. The first-order chi connectivity index (χ1) is 8.36. The zero-order valence-electron chi connectivity index (χ0n) is 12.2. The molecule has 104 valence electrons. The zero-order valence-corrected chi connectivity index (χ0v) is 12.2. The smallest absolute Gasteiger partial charge is 0.248 e. The van der Waals surface area contributed by atoms with Crippen molar-refractivity contribution in [2.75, 3.05) is 13.1 Å². The van der Waals surface area contributed by atoms with Gasteiger partial charge in [0.25, 0.3) is 0 Å². The van der Waals surface area contributed by atoms with Crippen LogP contribution >= 0.6 is 0 Å². The molecule has 1 fully saturated rings. The Morgan fingerprint density at radius 2 is 1.78 bits per heavy atom. The fourth-order valence-corrected chi connectivity index (χ4v) is 2.34. The summed E-state index contributed by atoms with van der Waals surface area (Å²) in [5.41, 5.74) is -0.675. The topological polar surface area (TPSA) is 49.4 Å². The Labute approximate surface area is 110 Å². The number of nitrogens with one attached hydrogen (secondary N) is 1. The van der Waals surface area contributed by atoms with Crippen molar-refractivity contribution in [3.63, 3.8) is 0 Å². The highest BCUT2D eigenvalue weighted by Gasteiger charge is 2.44. The van der Waals surface area contributed by atoms with Gasteiger partial charge >= 0.3 is 0 Å². The van der Waals surface area contributed by atoms with Gasteiger partial charge in [-0.2, -0.15) is 0 Å². The fraction of sp³-hybridized carbons (Fsp3) is 0.857. The Kier molecular flexibility index (Phi) is 4.77. The molecule has 0 radical (unpaired) electrons. The van der Waals surface area contributed by atoms with Crippen molar-refractivity contribution >= 4 is 11.8 Å². The molecule has 0 spiro atoms. The van der Waals surface area contributed by atoms with Crippen LogP contribution in [-0.4, -0.2) is 35.3 Å². The van der Waals surface area contributed by atoms with Crippen LogP contribution < -0.4 is 5.32 Å². The van der Waals surface area contributed by atoms with E-state index in [0.29, 0.717) is 31.2 Å². The van der Waals surface area contributed by atoms with E-state index < -0.39 is 5.54 Å². The Balaban J connectivity index is 2.86. The second-order valence-corrected chi connectivity index (χ2v) is 5.74. The van der Waals surface area contributed by atoms with E-state index >= 15 is 0 Å². The van der Waals surface area contributed by atoms with Crippen molar-refractivity contribution in [1.29, 1.82) is 0 Å². The number of nitrogens with zero attached hydrogens (tertiary/aromatic N) is 1. The third-order valence-corrected chi connectivity index (χ3v) is 4.26. The molecule has 1 atom stereocenters. The summed E-state index contributed by atoms with van der Waals surface area (Å²) in [6.45, 7) is 11.2. The summed E-state index contributed by atoms with van der Waals surface area (Å²) in [7, 11) is 0. The highest BCUT2D eigenvalue weighted by Crippen LogP contribution is 2.23. The Morgan fingerprint density at radius 1 is 1.22 bits per heavy atom. The predicted octanol–water partition coefficient (Wildman–Crippen LogP) is 1.80. The molecular formula is C14H26N2O2. The van der Waals surface area contributed by atoms with Gasteiger partial charge in [-0.3, -0.25) is 9.59 Å². The molecule has 2 amide bonds. The molecule has 0 aliphatic carbocycles. The molecule has 0 aromatic rings. The molecule has 4 heteroatoms. The summed E-state index contributed by atoms with van der Waals surface area (Å²) < 4.78 is 0. The zero-order chi connectivity index (χ0) is 13.9. The minimum Gasteiger partial charge on any atom is -0.340 e. The molecular weight excluding hydrogens is 228 g/mol. The van der Waals surface area contributed by atoms with Crippen LogP contribution in [0.2, 0.25) is 0 Å². The molecule has 0 bridgehead atoms. The van der Waals surface area contributed by atoms with Gasteiger partial charge in [-0.25, -0.2) is 0 Å². The maximum Gasteiger partial charge on any atom is 0.248 e. The molecule has 1 heterocycles. The summed E-state index contributed by atoms with van der Waals surface area (Å²) in [5, 5.41) is 2.88. The van der Waals surface area contributed by atoms with Gasteiger partial charge in [0, 0.05) is 6.54 Å². The molecule has 1 aliphatic rings. The summed E-state index contributed by atoms with van der Waals surface area (Å²) in [6, 6.07) is 0. The fourth-order valence-electron chi connectivity index (χ4n) is 2.34. The van der Waals surface area contributed by atoms with E-state index in [1.807, 2.05) is 13.8 Å². The standard InChI is InChI=1S/C14H26N2O2/c1-6-14(7-2)13(18)16(9-12(17)15-14)8-11(5)10(3)4/h10-11H,6-9H2,1-5H3,(H,15,17). The van der Waals surface area contributed by atoms with E-state index in [9.17, 15) is 9.59 Å². The molecule has 0 aromatic heterocycles. The van der Waals surface area contributed by atoms with Gasteiger partial charge in [0.1, 0.15) is 5.54 Å². The summed E-state index contributed by atoms with van der Waals surface area (Å²) in [5.74, 6) is 0.973. The van der Waals surface area contributed by atoms with E-state index in [4.69, 9.17) is 0 Å².